The molecule has 4 rings (SSSR count). The van der Waals surface area contributed by atoms with E-state index in [4.69, 9.17) is 19.4 Å². The molecule has 0 saturated heterocycles. The van der Waals surface area contributed by atoms with Gasteiger partial charge in [0, 0.05) is 5.66 Å². The first kappa shape index (κ1) is 25.0. The molecule has 3 fully saturated rings. The summed E-state index contributed by atoms with van der Waals surface area (Å²) in [7, 11) is 9.85. The van der Waals surface area contributed by atoms with Gasteiger partial charge in [-0.05, 0) is 73.5 Å². The van der Waals surface area contributed by atoms with Gasteiger partial charge in [0.1, 0.15) is 0 Å². The third-order valence-corrected chi connectivity index (χ3v) is 11.2. The summed E-state index contributed by atoms with van der Waals surface area (Å²) in [6.45, 7) is 0. The summed E-state index contributed by atoms with van der Waals surface area (Å²) in [6, 6.07) is 10.8. The van der Waals surface area contributed by atoms with Crippen LogP contribution in [0.25, 0.3) is 6.08 Å². The standard InChI is InChI=1S/C26H37P.2ClH.Ru/c1-4-12-22(13-5-1)20-21-23-14-10-11-19-26(23)27(24-15-6-2-7-16-24)25-17-8-3-9-18-25;;;/h1,4-5,12-13,20,24-26H,2-3,6-11,14-19H2;2*1H;/q;;;+2/p-2. The van der Waals surface area contributed by atoms with Crippen molar-refractivity contribution in [1.29, 1.82) is 0 Å². The molecule has 0 amide bonds. The van der Waals surface area contributed by atoms with E-state index in [0.717, 1.165) is 17.0 Å². The van der Waals surface area contributed by atoms with Crippen LogP contribution in [0.15, 0.2) is 41.6 Å². The van der Waals surface area contributed by atoms with Gasteiger partial charge in [-0.3, -0.25) is 0 Å². The Balaban J connectivity index is 0.000000806. The minimum absolute atomic E-state index is 0.146. The topological polar surface area (TPSA) is 0 Å². The summed E-state index contributed by atoms with van der Waals surface area (Å²) in [4.78, 5) is 0. The molecule has 0 nitrogen and oxygen atoms in total. The molecule has 3 aliphatic carbocycles. The number of allylic oxidation sites excluding steroid dienone is 1. The molecule has 0 spiro atoms. The zero-order valence-electron chi connectivity index (χ0n) is 18.2. The zero-order valence-corrected chi connectivity index (χ0v) is 22.3. The molecule has 1 aromatic rings. The van der Waals surface area contributed by atoms with Crippen molar-refractivity contribution in [3.8, 4) is 0 Å². The minimum atomic E-state index is -0.346. The van der Waals surface area contributed by atoms with Gasteiger partial charge in [-0.2, -0.15) is 0 Å². The first-order chi connectivity index (χ1) is 14.8. The fourth-order valence-corrected chi connectivity index (χ4v) is 10.4. The van der Waals surface area contributed by atoms with E-state index >= 15 is 0 Å². The molecule has 0 aromatic heterocycles. The van der Waals surface area contributed by atoms with Crippen molar-refractivity contribution >= 4 is 33.4 Å². The molecule has 1 aromatic carbocycles. The normalized spacial score (nSPS) is 23.6. The quantitative estimate of drug-likeness (QED) is 0.198. The molecular formula is C26H37Cl2PRu. The van der Waals surface area contributed by atoms with Gasteiger partial charge in [0.15, 0.2) is 0 Å². The van der Waals surface area contributed by atoms with E-state index < -0.39 is 0 Å². The average Bonchev–Trinajstić information content (AvgIpc) is 2.81. The van der Waals surface area contributed by atoms with Crippen molar-refractivity contribution < 1.29 is 15.1 Å². The first-order valence-electron chi connectivity index (χ1n) is 12.0. The zero-order chi connectivity index (χ0) is 21.0. The van der Waals surface area contributed by atoms with Crippen LogP contribution in [0.4, 0.5) is 0 Å². The molecule has 3 aliphatic rings. The molecule has 0 heterocycles. The maximum absolute atomic E-state index is 4.85. The summed E-state index contributed by atoms with van der Waals surface area (Å²) in [5.74, 6) is 0. The van der Waals surface area contributed by atoms with Gasteiger partial charge >= 0.3 is 34.5 Å². The van der Waals surface area contributed by atoms with Crippen molar-refractivity contribution in [2.75, 3.05) is 0 Å². The number of hydrogen-bond acceptors (Lipinski definition) is 0. The number of hydrogen-bond donors (Lipinski definition) is 0. The van der Waals surface area contributed by atoms with Crippen LogP contribution in [0.2, 0.25) is 0 Å². The van der Waals surface area contributed by atoms with Gasteiger partial charge in [0.25, 0.3) is 0 Å². The monoisotopic (exact) mass is 552 g/mol. The molecule has 0 N–H and O–H groups in total. The van der Waals surface area contributed by atoms with Gasteiger partial charge in [0.05, 0.1) is 0 Å². The van der Waals surface area contributed by atoms with Crippen molar-refractivity contribution in [3.05, 3.63) is 47.2 Å². The Hall–Kier alpha value is 0.373. The molecule has 0 aliphatic heterocycles. The second-order valence-corrected chi connectivity index (χ2v) is 14.7. The van der Waals surface area contributed by atoms with E-state index in [9.17, 15) is 0 Å². The Kier molecular flexibility index (Phi) is 12.1. The van der Waals surface area contributed by atoms with Crippen LogP contribution in [-0.2, 0) is 15.1 Å². The maximum atomic E-state index is 4.85. The molecule has 1 unspecified atom stereocenters. The summed E-state index contributed by atoms with van der Waals surface area (Å²) in [5.41, 5.74) is 9.89. The predicted octanol–water partition coefficient (Wildman–Crippen LogP) is 9.69. The molecule has 1 atom stereocenters. The summed E-state index contributed by atoms with van der Waals surface area (Å²) < 4.78 is 0. The van der Waals surface area contributed by atoms with Gasteiger partial charge in [-0.1, -0.05) is 83.2 Å². The predicted molar refractivity (Wildman–Crippen MR) is 133 cm³/mol. The van der Waals surface area contributed by atoms with Crippen molar-refractivity contribution in [1.82, 2.24) is 0 Å². The van der Waals surface area contributed by atoms with Crippen LogP contribution >= 0.6 is 27.3 Å². The van der Waals surface area contributed by atoms with E-state index in [2.05, 4.69) is 42.1 Å². The van der Waals surface area contributed by atoms with Crippen LogP contribution in [-0.4, -0.2) is 17.0 Å². The van der Waals surface area contributed by atoms with Crippen LogP contribution < -0.4 is 0 Å². The van der Waals surface area contributed by atoms with Crippen LogP contribution in [0.1, 0.15) is 95.5 Å². The number of rotatable bonds is 4. The average molecular weight is 553 g/mol. The van der Waals surface area contributed by atoms with Crippen LogP contribution in [0.5, 0.6) is 0 Å². The summed E-state index contributed by atoms with van der Waals surface area (Å²) in [5, 5.41) is 0. The fourth-order valence-electron chi connectivity index (χ4n) is 5.78. The summed E-state index contributed by atoms with van der Waals surface area (Å²) >= 11 is -0.346. The first-order valence-corrected chi connectivity index (χ1v) is 18.0. The number of benzene rings is 1. The van der Waals surface area contributed by atoms with Crippen molar-refractivity contribution in [3.63, 3.8) is 0 Å². The third kappa shape index (κ3) is 7.75. The Morgan fingerprint density at radius 2 is 1.30 bits per heavy atom. The molecular weight excluding hydrogens is 515 g/mol. The molecule has 0 bridgehead atoms. The van der Waals surface area contributed by atoms with E-state index in [1.54, 1.807) is 5.57 Å². The molecule has 30 heavy (non-hydrogen) atoms. The Bertz CT molecular complexity index is 641. The van der Waals surface area contributed by atoms with Gasteiger partial charge in [0.2, 0.25) is 0 Å². The second kappa shape index (κ2) is 14.5. The third-order valence-electron chi connectivity index (χ3n) is 7.15. The number of halogens is 2. The van der Waals surface area contributed by atoms with Crippen LogP contribution in [0, 0.1) is 0 Å². The Morgan fingerprint density at radius 3 is 1.87 bits per heavy atom. The Labute approximate surface area is 201 Å². The summed E-state index contributed by atoms with van der Waals surface area (Å²) in [6.07, 6.45) is 23.0. The Morgan fingerprint density at radius 1 is 0.767 bits per heavy atom. The van der Waals surface area contributed by atoms with Crippen LogP contribution in [0.3, 0.4) is 0 Å². The molecule has 0 radical (unpaired) electrons. The van der Waals surface area contributed by atoms with Crippen molar-refractivity contribution in [2.24, 2.45) is 0 Å². The van der Waals surface area contributed by atoms with Gasteiger partial charge in [-0.15, -0.1) is 5.73 Å². The molecule has 168 valence electrons. The fraction of sp³-hybridized carbons (Fsp3) is 0.654. The van der Waals surface area contributed by atoms with E-state index in [-0.39, 0.29) is 23.1 Å². The molecule has 4 heteroatoms. The SMILES string of the molecule is C(=Cc1ccccc1)=C1CCCCC1P(C1CCCCC1)C1CCCCC1.[Cl][Ru][Cl]. The van der Waals surface area contributed by atoms with E-state index in [0.29, 0.717) is 0 Å². The second-order valence-electron chi connectivity index (χ2n) is 9.07. The van der Waals surface area contributed by atoms with E-state index in [1.165, 1.54) is 95.5 Å². The molecule has 3 saturated carbocycles. The van der Waals surface area contributed by atoms with Gasteiger partial charge in [-0.25, -0.2) is 0 Å². The van der Waals surface area contributed by atoms with Gasteiger partial charge < -0.3 is 0 Å². The van der Waals surface area contributed by atoms with Crippen molar-refractivity contribution in [2.45, 2.75) is 107 Å². The van der Waals surface area contributed by atoms with E-state index in [1.807, 2.05) is 0 Å².